The monoisotopic (exact) mass is 620 g/mol. The predicted octanol–water partition coefficient (Wildman–Crippen LogP) is 3.37. The van der Waals surface area contributed by atoms with Crippen molar-refractivity contribution in [3.63, 3.8) is 0 Å². The number of hydrogen-bond acceptors (Lipinski definition) is 9. The van der Waals surface area contributed by atoms with E-state index in [0.29, 0.717) is 56.8 Å². The summed E-state index contributed by atoms with van der Waals surface area (Å²) < 4.78 is 25.2. The van der Waals surface area contributed by atoms with Gasteiger partial charge in [-0.1, -0.05) is 30.3 Å². The third kappa shape index (κ3) is 6.00. The van der Waals surface area contributed by atoms with Gasteiger partial charge >= 0.3 is 6.01 Å². The number of fused-ring (bicyclic) bond motifs is 2. The zero-order valence-corrected chi connectivity index (χ0v) is 25.3. The molecule has 3 aromatic rings. The molecule has 0 N–H and O–H groups in total. The zero-order chi connectivity index (χ0) is 30.8. The number of likely N-dealkylation sites (N-methyl/N-ethyl adjacent to an activating group) is 1. The van der Waals surface area contributed by atoms with Crippen LogP contribution in [0.2, 0.25) is 5.02 Å². The van der Waals surface area contributed by atoms with Crippen LogP contribution in [0.3, 0.4) is 0 Å². The Bertz CT molecular complexity index is 1610. The lowest BCUT2D eigenvalue weighted by molar-refractivity contribution is -0.131. The lowest BCUT2D eigenvalue weighted by atomic mass is 10.0. The van der Waals surface area contributed by atoms with E-state index in [2.05, 4.69) is 31.1 Å². The molecule has 1 atom stereocenters. The molecule has 11 nitrogen and oxygen atoms in total. The van der Waals surface area contributed by atoms with Crippen molar-refractivity contribution >= 4 is 39.8 Å². The van der Waals surface area contributed by atoms with Crippen LogP contribution in [0.25, 0.3) is 15.6 Å². The Hall–Kier alpha value is -4.05. The highest BCUT2D eigenvalue weighted by molar-refractivity contribution is 6.36. The Morgan fingerprint density at radius 1 is 1.25 bits per heavy atom. The first kappa shape index (κ1) is 30.0. The molecule has 0 radical (unpaired) electrons. The van der Waals surface area contributed by atoms with Crippen LogP contribution < -0.4 is 14.5 Å². The van der Waals surface area contributed by atoms with Crippen LogP contribution in [-0.2, 0) is 22.5 Å². The molecule has 230 valence electrons. The molecule has 3 aliphatic rings. The standard InChI is InChI=1S/C31H34ClFN8O3/c1-20(33)30(42)41-10-9-40(16-22(41)14-34-2)29-24-7-8-39(27-15-35-13-21-5-4-6-25(32)28(21)27)17-26(24)36-31(37-29)44-12-11-38(3)23-18-43-19-23/h4-6,13,15,22-23H,1,7-12,14,16-19H2,3H3/t22-/m0/s1. The second-order valence-corrected chi connectivity index (χ2v) is 11.7. The van der Waals surface area contributed by atoms with E-state index >= 15 is 0 Å². The smallest absolute Gasteiger partial charge is 0.318 e. The summed E-state index contributed by atoms with van der Waals surface area (Å²) in [5, 5.41) is 2.57. The van der Waals surface area contributed by atoms with E-state index < -0.39 is 17.8 Å². The van der Waals surface area contributed by atoms with Crippen LogP contribution in [0, 0.1) is 6.57 Å². The summed E-state index contributed by atoms with van der Waals surface area (Å²) in [6.07, 6.45) is 4.30. The highest BCUT2D eigenvalue weighted by atomic mass is 35.5. The molecule has 0 bridgehead atoms. The molecule has 2 aromatic heterocycles. The number of amides is 1. The Balaban J connectivity index is 1.30. The van der Waals surface area contributed by atoms with Gasteiger partial charge in [-0.25, -0.2) is 11.0 Å². The number of carbonyl (C=O) groups excluding carboxylic acids is 1. The van der Waals surface area contributed by atoms with Crippen LogP contribution in [0.5, 0.6) is 6.01 Å². The number of anilines is 2. The van der Waals surface area contributed by atoms with Crippen LogP contribution in [0.15, 0.2) is 43.0 Å². The van der Waals surface area contributed by atoms with E-state index in [1.807, 2.05) is 37.6 Å². The summed E-state index contributed by atoms with van der Waals surface area (Å²) in [5.74, 6) is -1.07. The maximum atomic E-state index is 13.8. The predicted molar refractivity (Wildman–Crippen MR) is 166 cm³/mol. The first-order valence-corrected chi connectivity index (χ1v) is 15.0. The van der Waals surface area contributed by atoms with Crippen molar-refractivity contribution in [2.75, 3.05) is 75.9 Å². The quantitative estimate of drug-likeness (QED) is 0.264. The summed E-state index contributed by atoms with van der Waals surface area (Å²) >= 11 is 6.65. The lowest BCUT2D eigenvalue weighted by Crippen LogP contribution is -2.57. The molecule has 2 saturated heterocycles. The van der Waals surface area contributed by atoms with Crippen molar-refractivity contribution in [2.24, 2.45) is 0 Å². The molecule has 1 amide bonds. The van der Waals surface area contributed by atoms with Crippen molar-refractivity contribution in [1.82, 2.24) is 24.8 Å². The average Bonchev–Trinajstić information content (AvgIpc) is 2.99. The van der Waals surface area contributed by atoms with Crippen LogP contribution in [0.1, 0.15) is 11.3 Å². The molecule has 0 saturated carbocycles. The van der Waals surface area contributed by atoms with Crippen molar-refractivity contribution in [3.8, 4) is 6.01 Å². The second kappa shape index (κ2) is 12.9. The van der Waals surface area contributed by atoms with Gasteiger partial charge in [-0.05, 0) is 19.5 Å². The fourth-order valence-electron chi connectivity index (χ4n) is 6.01. The van der Waals surface area contributed by atoms with E-state index in [1.165, 1.54) is 4.90 Å². The average molecular weight is 621 g/mol. The highest BCUT2D eigenvalue weighted by Crippen LogP contribution is 2.36. The van der Waals surface area contributed by atoms with E-state index in [1.54, 1.807) is 0 Å². The maximum absolute atomic E-state index is 13.8. The Morgan fingerprint density at radius 2 is 2.09 bits per heavy atom. The topological polar surface area (TPSA) is 91.5 Å². The fourth-order valence-corrected chi connectivity index (χ4v) is 6.28. The molecular formula is C31H34ClFN8O3. The first-order valence-electron chi connectivity index (χ1n) is 14.6. The molecule has 2 fully saturated rings. The fraction of sp³-hybridized carbons (Fsp3) is 0.452. The molecular weight excluding hydrogens is 587 g/mol. The molecule has 13 heteroatoms. The minimum atomic E-state index is -1.02. The highest BCUT2D eigenvalue weighted by Gasteiger charge is 2.36. The van der Waals surface area contributed by atoms with Gasteiger partial charge in [0.25, 0.3) is 5.91 Å². The Labute approximate surface area is 260 Å². The van der Waals surface area contributed by atoms with Gasteiger partial charge in [0.15, 0.2) is 5.83 Å². The second-order valence-electron chi connectivity index (χ2n) is 11.3. The van der Waals surface area contributed by atoms with Gasteiger partial charge in [0.1, 0.15) is 18.5 Å². The van der Waals surface area contributed by atoms with Gasteiger partial charge in [0, 0.05) is 55.3 Å². The Morgan fingerprint density at radius 3 is 2.84 bits per heavy atom. The minimum Gasteiger partial charge on any atom is -0.462 e. The number of hydrogen-bond donors (Lipinski definition) is 0. The largest absolute Gasteiger partial charge is 0.462 e. The van der Waals surface area contributed by atoms with E-state index in [4.69, 9.17) is 37.6 Å². The zero-order valence-electron chi connectivity index (χ0n) is 24.6. The number of nitrogens with zero attached hydrogens (tertiary/aromatic N) is 8. The van der Waals surface area contributed by atoms with Gasteiger partial charge in [0.2, 0.25) is 6.54 Å². The molecule has 6 rings (SSSR count). The summed E-state index contributed by atoms with van der Waals surface area (Å²) in [4.78, 5) is 38.1. The number of aromatic nitrogens is 3. The normalized spacial score (nSPS) is 18.6. The summed E-state index contributed by atoms with van der Waals surface area (Å²) in [6.45, 7) is 15.4. The third-order valence-corrected chi connectivity index (χ3v) is 8.89. The van der Waals surface area contributed by atoms with E-state index in [0.717, 1.165) is 46.7 Å². The summed E-state index contributed by atoms with van der Waals surface area (Å²) in [6, 6.07) is 5.94. The molecule has 3 aliphatic heterocycles. The van der Waals surface area contributed by atoms with Gasteiger partial charge in [-0.15, -0.1) is 0 Å². The lowest BCUT2D eigenvalue weighted by Gasteiger charge is -2.41. The number of ether oxygens (including phenoxy) is 2. The number of rotatable bonds is 9. The number of halogens is 2. The van der Waals surface area contributed by atoms with Crippen molar-refractivity contribution in [3.05, 3.63) is 70.7 Å². The SMILES string of the molecule is [C-]#[N+]C[C@H]1CN(c2nc(OCCN(C)C3COC3)nc3c2CCN(c2cncc4cccc(Cl)c24)C3)CCN1C(=O)C(=C)F. The van der Waals surface area contributed by atoms with Crippen molar-refractivity contribution < 1.29 is 18.7 Å². The molecule has 0 unspecified atom stereocenters. The molecule has 0 spiro atoms. The van der Waals surface area contributed by atoms with Gasteiger partial charge in [0.05, 0.1) is 48.4 Å². The van der Waals surface area contributed by atoms with Crippen molar-refractivity contribution in [2.45, 2.75) is 25.0 Å². The maximum Gasteiger partial charge on any atom is 0.318 e. The number of pyridine rings is 1. The summed E-state index contributed by atoms with van der Waals surface area (Å²) in [5.41, 5.74) is 2.76. The molecule has 5 heterocycles. The Kier molecular flexibility index (Phi) is 8.79. The molecule has 44 heavy (non-hydrogen) atoms. The van der Waals surface area contributed by atoms with Crippen LogP contribution in [0.4, 0.5) is 15.9 Å². The number of piperazine rings is 1. The number of benzene rings is 1. The van der Waals surface area contributed by atoms with Crippen LogP contribution >= 0.6 is 11.6 Å². The van der Waals surface area contributed by atoms with Gasteiger partial charge < -0.3 is 29.0 Å². The number of carbonyl (C=O) groups is 1. The van der Waals surface area contributed by atoms with Crippen molar-refractivity contribution in [1.29, 1.82) is 0 Å². The van der Waals surface area contributed by atoms with Gasteiger partial charge in [-0.2, -0.15) is 9.97 Å². The van der Waals surface area contributed by atoms with Gasteiger partial charge in [-0.3, -0.25) is 14.7 Å². The van der Waals surface area contributed by atoms with Crippen LogP contribution in [-0.4, -0.2) is 109 Å². The molecule has 0 aliphatic carbocycles. The first-order chi connectivity index (χ1) is 21.3. The summed E-state index contributed by atoms with van der Waals surface area (Å²) in [7, 11) is 2.04. The van der Waals surface area contributed by atoms with E-state index in [-0.39, 0.29) is 19.1 Å². The minimum absolute atomic E-state index is 0.0476. The molecule has 1 aromatic carbocycles. The third-order valence-electron chi connectivity index (χ3n) is 8.57. The van der Waals surface area contributed by atoms with E-state index in [9.17, 15) is 9.18 Å².